The van der Waals surface area contributed by atoms with Gasteiger partial charge >= 0.3 is 6.09 Å². The first-order valence-corrected chi connectivity index (χ1v) is 12.4. The number of alkyl carbamates (subject to hydrolysis) is 1. The Bertz CT molecular complexity index is 1310. The molecule has 37 heavy (non-hydrogen) atoms. The molecule has 186 valence electrons. The van der Waals surface area contributed by atoms with Gasteiger partial charge in [0.05, 0.1) is 25.0 Å². The maximum atomic E-state index is 12.8. The van der Waals surface area contributed by atoms with Crippen LogP contribution in [0.15, 0.2) is 64.9 Å². The number of piperidine rings is 1. The standard InChI is InChI=1S/C26H26BN7O3/c27-21-22(17-8-10-33(11-9-17)24(35)20-13-30-25(36)37-20)32-26(14-31-34(15-26)23(21)28)18-6-7-19(29-12-18)16-4-2-1-3-5-16/h1-7,12,14,17,20,28,32H,8-11,13,15H2,(H,30,36). The molecule has 2 saturated heterocycles. The first-order chi connectivity index (χ1) is 17.9. The molecule has 10 nitrogen and oxygen atoms in total. The lowest BCUT2D eigenvalue weighted by molar-refractivity contribution is -0.139. The first kappa shape index (κ1) is 23.3. The predicted octanol–water partition coefficient (Wildman–Crippen LogP) is 1.55. The molecule has 6 rings (SSSR count). The Balaban J connectivity index is 1.22. The van der Waals surface area contributed by atoms with Crippen molar-refractivity contribution >= 4 is 31.9 Å². The van der Waals surface area contributed by atoms with Gasteiger partial charge in [0, 0.05) is 42.0 Å². The van der Waals surface area contributed by atoms with E-state index < -0.39 is 17.7 Å². The Morgan fingerprint density at radius 2 is 1.95 bits per heavy atom. The number of aromatic nitrogens is 1. The molecule has 0 aliphatic carbocycles. The molecule has 2 aromatic rings. The van der Waals surface area contributed by atoms with Gasteiger partial charge in [-0.3, -0.25) is 15.2 Å². The number of allylic oxidation sites excluding steroid dienone is 1. The van der Waals surface area contributed by atoms with E-state index in [4.69, 9.17) is 23.0 Å². The average Bonchev–Trinajstić information content (AvgIpc) is 3.56. The van der Waals surface area contributed by atoms with Crippen LogP contribution in [0.5, 0.6) is 0 Å². The number of cyclic esters (lactones) is 1. The summed E-state index contributed by atoms with van der Waals surface area (Å²) in [6, 6.07) is 14.0. The van der Waals surface area contributed by atoms with Crippen molar-refractivity contribution in [1.82, 2.24) is 25.5 Å². The third-order valence-electron chi connectivity index (χ3n) is 7.50. The molecule has 5 heterocycles. The first-order valence-electron chi connectivity index (χ1n) is 12.4. The number of rotatable bonds is 4. The number of amides is 2. The number of amidine groups is 1. The molecule has 2 amide bonds. The minimum Gasteiger partial charge on any atom is -0.434 e. The van der Waals surface area contributed by atoms with Crippen LogP contribution in [0.25, 0.3) is 11.3 Å². The number of pyridine rings is 1. The number of hydrogen-bond acceptors (Lipinski definition) is 7. The van der Waals surface area contributed by atoms with E-state index in [-0.39, 0.29) is 24.2 Å². The molecule has 2 radical (unpaired) electrons. The molecule has 4 aliphatic rings. The van der Waals surface area contributed by atoms with Gasteiger partial charge in [-0.2, -0.15) is 5.10 Å². The molecule has 1 aromatic carbocycles. The largest absolute Gasteiger partial charge is 0.434 e. The van der Waals surface area contributed by atoms with Gasteiger partial charge in [-0.15, -0.1) is 0 Å². The number of fused-ring (bicyclic) bond motifs is 2. The minimum absolute atomic E-state index is 0.0380. The van der Waals surface area contributed by atoms with Crippen LogP contribution in [0, 0.1) is 11.3 Å². The molecular formula is C26H26BN7O3. The Hall–Kier alpha value is -4.15. The maximum Gasteiger partial charge on any atom is 0.408 e. The Morgan fingerprint density at radius 3 is 2.62 bits per heavy atom. The molecule has 1 aromatic heterocycles. The fourth-order valence-electron chi connectivity index (χ4n) is 5.38. The molecule has 2 bridgehead atoms. The van der Waals surface area contributed by atoms with E-state index in [2.05, 4.69) is 15.7 Å². The van der Waals surface area contributed by atoms with Gasteiger partial charge in [0.2, 0.25) is 0 Å². The molecule has 11 heteroatoms. The lowest BCUT2D eigenvalue weighted by Gasteiger charge is -2.37. The Kier molecular flexibility index (Phi) is 5.70. The van der Waals surface area contributed by atoms with E-state index in [0.717, 1.165) is 22.5 Å². The van der Waals surface area contributed by atoms with Crippen LogP contribution >= 0.6 is 0 Å². The van der Waals surface area contributed by atoms with Crippen LogP contribution < -0.4 is 10.6 Å². The van der Waals surface area contributed by atoms with Crippen molar-refractivity contribution in [2.45, 2.75) is 24.5 Å². The Morgan fingerprint density at radius 1 is 1.16 bits per heavy atom. The van der Waals surface area contributed by atoms with Gasteiger partial charge in [-0.25, -0.2) is 9.80 Å². The maximum absolute atomic E-state index is 12.8. The van der Waals surface area contributed by atoms with Crippen LogP contribution in [-0.4, -0.2) is 79.1 Å². The van der Waals surface area contributed by atoms with Crippen molar-refractivity contribution in [3.63, 3.8) is 0 Å². The monoisotopic (exact) mass is 495 g/mol. The second-order valence-electron chi connectivity index (χ2n) is 9.75. The van der Waals surface area contributed by atoms with Crippen molar-refractivity contribution in [2.75, 3.05) is 26.2 Å². The summed E-state index contributed by atoms with van der Waals surface area (Å²) in [6.07, 6.45) is 3.70. The third-order valence-corrected chi connectivity index (χ3v) is 7.50. The zero-order valence-corrected chi connectivity index (χ0v) is 20.2. The fraction of sp³-hybridized carbons (Fsp3) is 0.346. The highest BCUT2D eigenvalue weighted by molar-refractivity contribution is 6.37. The number of benzene rings is 1. The van der Waals surface area contributed by atoms with Gasteiger partial charge in [-0.05, 0) is 24.4 Å². The van der Waals surface area contributed by atoms with Crippen LogP contribution in [0.4, 0.5) is 4.79 Å². The zero-order chi connectivity index (χ0) is 25.6. The van der Waals surface area contributed by atoms with E-state index >= 15 is 0 Å². The zero-order valence-electron chi connectivity index (χ0n) is 20.2. The van der Waals surface area contributed by atoms with E-state index in [0.29, 0.717) is 37.9 Å². The number of hydrogen-bond donors (Lipinski definition) is 3. The van der Waals surface area contributed by atoms with Crippen molar-refractivity contribution in [1.29, 1.82) is 5.41 Å². The molecule has 2 fully saturated rings. The quantitative estimate of drug-likeness (QED) is 0.554. The second kappa shape index (κ2) is 9.06. The van der Waals surface area contributed by atoms with Gasteiger partial charge in [0.15, 0.2) is 6.10 Å². The van der Waals surface area contributed by atoms with E-state index in [1.807, 2.05) is 54.9 Å². The molecule has 3 N–H and O–H groups in total. The van der Waals surface area contributed by atoms with Crippen LogP contribution in [0.1, 0.15) is 18.4 Å². The van der Waals surface area contributed by atoms with Crippen molar-refractivity contribution in [2.24, 2.45) is 11.0 Å². The SMILES string of the molecule is [B]C1=C(C2CCN(C(=O)C3CNC(=O)O3)CC2)NC2(c3ccc(-c4ccccc4)nc3)C=NN(C2)C1=N. The summed E-state index contributed by atoms with van der Waals surface area (Å²) in [5.41, 5.74) is 3.34. The number of carbonyl (C=O) groups is 2. The van der Waals surface area contributed by atoms with Gasteiger partial charge in [0.25, 0.3) is 5.91 Å². The summed E-state index contributed by atoms with van der Waals surface area (Å²) >= 11 is 0. The molecule has 0 spiro atoms. The molecule has 4 aliphatic heterocycles. The molecule has 0 saturated carbocycles. The molecule has 2 unspecified atom stereocenters. The van der Waals surface area contributed by atoms with Crippen molar-refractivity contribution in [3.05, 3.63) is 65.4 Å². The number of carbonyl (C=O) groups excluding carboxylic acids is 2. The summed E-state index contributed by atoms with van der Waals surface area (Å²) in [4.78, 5) is 30.5. The minimum atomic E-state index is -0.771. The number of hydrazone groups is 1. The summed E-state index contributed by atoms with van der Waals surface area (Å²) in [5, 5.41) is 20.9. The lowest BCUT2D eigenvalue weighted by Crippen LogP contribution is -2.49. The number of nitrogens with one attached hydrogen (secondary N) is 3. The molecule has 2 atom stereocenters. The van der Waals surface area contributed by atoms with Gasteiger partial charge in [0.1, 0.15) is 19.2 Å². The summed E-state index contributed by atoms with van der Waals surface area (Å²) in [6.45, 7) is 1.66. The lowest BCUT2D eigenvalue weighted by atomic mass is 9.82. The highest BCUT2D eigenvalue weighted by Gasteiger charge is 2.44. The van der Waals surface area contributed by atoms with E-state index in [1.165, 1.54) is 0 Å². The highest BCUT2D eigenvalue weighted by atomic mass is 16.6. The smallest absolute Gasteiger partial charge is 0.408 e. The number of nitrogens with zero attached hydrogens (tertiary/aromatic N) is 4. The van der Waals surface area contributed by atoms with Gasteiger partial charge in [-0.1, -0.05) is 36.4 Å². The van der Waals surface area contributed by atoms with Crippen molar-refractivity contribution in [3.8, 4) is 11.3 Å². The van der Waals surface area contributed by atoms with Gasteiger partial charge < -0.3 is 20.3 Å². The topological polar surface area (TPSA) is 123 Å². The second-order valence-corrected chi connectivity index (χ2v) is 9.75. The number of likely N-dealkylation sites (tertiary alicyclic amines) is 1. The fourth-order valence-corrected chi connectivity index (χ4v) is 5.38. The van der Waals surface area contributed by atoms with E-state index in [9.17, 15) is 9.59 Å². The normalized spacial score (nSPS) is 25.6. The summed E-state index contributed by atoms with van der Waals surface area (Å²) in [7, 11) is 6.50. The van der Waals surface area contributed by atoms with E-state index in [1.54, 1.807) is 9.91 Å². The highest BCUT2D eigenvalue weighted by Crippen LogP contribution is 2.36. The van der Waals surface area contributed by atoms with Crippen molar-refractivity contribution < 1.29 is 14.3 Å². The van der Waals surface area contributed by atoms with Crippen LogP contribution in [0.3, 0.4) is 0 Å². The average molecular weight is 495 g/mol. The molecular weight excluding hydrogens is 469 g/mol. The predicted molar refractivity (Wildman–Crippen MR) is 138 cm³/mol. The Labute approximate surface area is 215 Å². The third kappa shape index (κ3) is 4.14. The summed E-state index contributed by atoms with van der Waals surface area (Å²) < 4.78 is 5.06. The number of ether oxygens (including phenoxy) is 1. The van der Waals surface area contributed by atoms with Crippen LogP contribution in [0.2, 0.25) is 0 Å². The summed E-state index contributed by atoms with van der Waals surface area (Å²) in [5.74, 6) is 0.0177. The van der Waals surface area contributed by atoms with Crippen LogP contribution in [-0.2, 0) is 15.1 Å².